The zero-order valence-electron chi connectivity index (χ0n) is 19.6. The summed E-state index contributed by atoms with van der Waals surface area (Å²) in [5, 5.41) is 0. The van der Waals surface area contributed by atoms with Gasteiger partial charge in [-0.2, -0.15) is 0 Å². The second-order valence-electron chi connectivity index (χ2n) is 7.67. The third-order valence-electron chi connectivity index (χ3n) is 5.59. The lowest BCUT2D eigenvalue weighted by molar-refractivity contribution is 0.0732. The van der Waals surface area contributed by atoms with Crippen molar-refractivity contribution in [2.45, 2.75) is 13.8 Å². The number of aryl methyl sites for hydroxylation is 1. The highest BCUT2D eigenvalue weighted by molar-refractivity contribution is 6.15. The molecular formula is C27H24O7. The normalized spacial score (nSPS) is 13.3. The zero-order chi connectivity index (χ0) is 24.4. The van der Waals surface area contributed by atoms with E-state index in [-0.39, 0.29) is 11.5 Å². The second kappa shape index (κ2) is 9.31. The number of fused-ring (bicyclic) bond motifs is 1. The van der Waals surface area contributed by atoms with Crippen LogP contribution in [0.25, 0.3) is 6.08 Å². The standard InChI is InChI=1S/C27H24O7/c1-15-8-6-7-9-18(15)27(29)34-20-11-10-19-24(28)21(33-25(19)16(20)2)12-17-13-22(30-3)26(32-5)23(14-17)31-4/h6-14H,1-5H3/b21-12-. The van der Waals surface area contributed by atoms with Gasteiger partial charge in [0.15, 0.2) is 17.3 Å². The third kappa shape index (κ3) is 4.08. The number of allylic oxidation sites excluding steroid dienone is 1. The number of hydrogen-bond donors (Lipinski definition) is 0. The largest absolute Gasteiger partial charge is 0.493 e. The fourth-order valence-corrected chi connectivity index (χ4v) is 3.77. The SMILES string of the molecule is COc1cc(/C=C2\Oc3c(ccc(OC(=O)c4ccccc4C)c3C)C2=O)cc(OC)c1OC. The quantitative estimate of drug-likeness (QED) is 0.285. The van der Waals surface area contributed by atoms with Gasteiger partial charge in [0.25, 0.3) is 0 Å². The minimum Gasteiger partial charge on any atom is -0.493 e. The van der Waals surface area contributed by atoms with Crippen LogP contribution in [0.15, 0.2) is 54.3 Å². The van der Waals surface area contributed by atoms with E-state index in [9.17, 15) is 9.59 Å². The molecule has 0 atom stereocenters. The molecule has 0 aliphatic carbocycles. The molecule has 0 spiro atoms. The van der Waals surface area contributed by atoms with Crippen LogP contribution in [0.1, 0.15) is 37.4 Å². The van der Waals surface area contributed by atoms with Gasteiger partial charge in [0.05, 0.1) is 32.5 Å². The summed E-state index contributed by atoms with van der Waals surface area (Å²) in [5.41, 5.74) is 2.87. The number of esters is 1. The average molecular weight is 460 g/mol. The summed E-state index contributed by atoms with van der Waals surface area (Å²) in [7, 11) is 4.56. The molecule has 4 rings (SSSR count). The van der Waals surface area contributed by atoms with Gasteiger partial charge in [0.1, 0.15) is 11.5 Å². The Morgan fingerprint density at radius 2 is 1.56 bits per heavy atom. The number of hydrogen-bond acceptors (Lipinski definition) is 7. The van der Waals surface area contributed by atoms with Crippen LogP contribution in [0.5, 0.6) is 28.7 Å². The Hall–Kier alpha value is -4.26. The number of carbonyl (C=O) groups excluding carboxylic acids is 2. The summed E-state index contributed by atoms with van der Waals surface area (Å²) in [5.74, 6) is 1.44. The molecule has 3 aromatic carbocycles. The van der Waals surface area contributed by atoms with Crippen LogP contribution >= 0.6 is 0 Å². The lowest BCUT2D eigenvalue weighted by Gasteiger charge is -2.13. The zero-order valence-corrected chi connectivity index (χ0v) is 19.6. The van der Waals surface area contributed by atoms with Crippen molar-refractivity contribution in [3.05, 3.63) is 82.1 Å². The molecule has 0 fully saturated rings. The smallest absolute Gasteiger partial charge is 0.343 e. The molecule has 7 nitrogen and oxygen atoms in total. The second-order valence-corrected chi connectivity index (χ2v) is 7.67. The molecule has 7 heteroatoms. The van der Waals surface area contributed by atoms with Crippen LogP contribution < -0.4 is 23.7 Å². The van der Waals surface area contributed by atoms with Gasteiger partial charge in [-0.3, -0.25) is 4.79 Å². The molecule has 0 N–H and O–H groups in total. The maximum absolute atomic E-state index is 13.0. The van der Waals surface area contributed by atoms with Crippen LogP contribution in [0.4, 0.5) is 0 Å². The summed E-state index contributed by atoms with van der Waals surface area (Å²) in [6, 6.07) is 13.8. The van der Waals surface area contributed by atoms with Crippen molar-refractivity contribution in [2.75, 3.05) is 21.3 Å². The van der Waals surface area contributed by atoms with Crippen LogP contribution in [-0.2, 0) is 0 Å². The number of carbonyl (C=O) groups is 2. The van der Waals surface area contributed by atoms with Crippen molar-refractivity contribution in [3.63, 3.8) is 0 Å². The van der Waals surface area contributed by atoms with E-state index in [2.05, 4.69) is 0 Å². The van der Waals surface area contributed by atoms with Crippen LogP contribution in [0.3, 0.4) is 0 Å². The minimum absolute atomic E-state index is 0.134. The monoisotopic (exact) mass is 460 g/mol. The predicted molar refractivity (Wildman–Crippen MR) is 126 cm³/mol. The molecule has 34 heavy (non-hydrogen) atoms. The van der Waals surface area contributed by atoms with Crippen LogP contribution in [-0.4, -0.2) is 33.1 Å². The maximum atomic E-state index is 13.0. The molecule has 1 heterocycles. The maximum Gasteiger partial charge on any atom is 0.343 e. The molecule has 0 saturated heterocycles. The molecule has 1 aliphatic heterocycles. The molecule has 0 amide bonds. The first-order valence-electron chi connectivity index (χ1n) is 10.5. The summed E-state index contributed by atoms with van der Waals surface area (Å²) >= 11 is 0. The average Bonchev–Trinajstić information content (AvgIpc) is 3.16. The fourth-order valence-electron chi connectivity index (χ4n) is 3.77. The van der Waals surface area contributed by atoms with Crippen molar-refractivity contribution in [2.24, 2.45) is 0 Å². The Morgan fingerprint density at radius 1 is 0.882 bits per heavy atom. The van der Waals surface area contributed by atoms with Crippen molar-refractivity contribution in [3.8, 4) is 28.7 Å². The summed E-state index contributed by atoms with van der Waals surface area (Å²) in [6.45, 7) is 3.59. The third-order valence-corrected chi connectivity index (χ3v) is 5.59. The van der Waals surface area contributed by atoms with E-state index in [0.29, 0.717) is 51.0 Å². The van der Waals surface area contributed by atoms with Crippen molar-refractivity contribution in [1.82, 2.24) is 0 Å². The van der Waals surface area contributed by atoms with E-state index in [1.165, 1.54) is 21.3 Å². The van der Waals surface area contributed by atoms with Crippen LogP contribution in [0.2, 0.25) is 0 Å². The highest BCUT2D eigenvalue weighted by Crippen LogP contribution is 2.42. The van der Waals surface area contributed by atoms with Gasteiger partial charge in [-0.05, 0) is 61.4 Å². The van der Waals surface area contributed by atoms with E-state index < -0.39 is 5.97 Å². The van der Waals surface area contributed by atoms with Gasteiger partial charge in [0, 0.05) is 5.56 Å². The summed E-state index contributed by atoms with van der Waals surface area (Å²) < 4.78 is 27.6. The first kappa shape index (κ1) is 22.9. The van der Waals surface area contributed by atoms with Crippen LogP contribution in [0, 0.1) is 13.8 Å². The molecule has 1 aliphatic rings. The van der Waals surface area contributed by atoms with E-state index in [4.69, 9.17) is 23.7 Å². The Kier molecular flexibility index (Phi) is 6.27. The molecular weight excluding hydrogens is 436 g/mol. The predicted octanol–water partition coefficient (Wildman–Crippen LogP) is 5.16. The van der Waals surface area contributed by atoms with Gasteiger partial charge in [-0.25, -0.2) is 4.79 Å². The number of ketones is 1. The van der Waals surface area contributed by atoms with E-state index >= 15 is 0 Å². The molecule has 0 aromatic heterocycles. The topological polar surface area (TPSA) is 80.3 Å². The van der Waals surface area contributed by atoms with Crippen molar-refractivity contribution >= 4 is 17.8 Å². The molecule has 3 aromatic rings. The van der Waals surface area contributed by atoms with E-state index in [1.807, 2.05) is 19.1 Å². The van der Waals surface area contributed by atoms with Crippen molar-refractivity contribution in [1.29, 1.82) is 0 Å². The summed E-state index contributed by atoms with van der Waals surface area (Å²) in [4.78, 5) is 25.7. The first-order valence-corrected chi connectivity index (χ1v) is 10.5. The highest BCUT2D eigenvalue weighted by atomic mass is 16.5. The van der Waals surface area contributed by atoms with Gasteiger partial charge >= 0.3 is 5.97 Å². The van der Waals surface area contributed by atoms with Gasteiger partial charge < -0.3 is 23.7 Å². The molecule has 0 unspecified atom stereocenters. The Morgan fingerprint density at radius 3 is 2.18 bits per heavy atom. The Balaban J connectivity index is 1.65. The number of benzene rings is 3. The molecule has 0 bridgehead atoms. The Labute approximate surface area is 197 Å². The number of ether oxygens (including phenoxy) is 5. The number of rotatable bonds is 6. The number of methoxy groups -OCH3 is 3. The highest BCUT2D eigenvalue weighted by Gasteiger charge is 2.31. The van der Waals surface area contributed by atoms with Gasteiger partial charge in [-0.15, -0.1) is 0 Å². The fraction of sp³-hybridized carbons (Fsp3) is 0.185. The Bertz CT molecular complexity index is 1300. The van der Waals surface area contributed by atoms with E-state index in [1.54, 1.807) is 49.4 Å². The van der Waals surface area contributed by atoms with E-state index in [0.717, 1.165) is 5.56 Å². The first-order chi connectivity index (χ1) is 16.4. The van der Waals surface area contributed by atoms with Gasteiger partial charge in [-0.1, -0.05) is 18.2 Å². The van der Waals surface area contributed by atoms with Crippen molar-refractivity contribution < 1.29 is 33.3 Å². The lowest BCUT2D eigenvalue weighted by atomic mass is 10.1. The molecule has 0 radical (unpaired) electrons. The number of Topliss-reactive ketones (excluding diaryl/α,β-unsaturated/α-hetero) is 1. The van der Waals surface area contributed by atoms with Gasteiger partial charge in [0.2, 0.25) is 11.5 Å². The lowest BCUT2D eigenvalue weighted by Crippen LogP contribution is -2.11. The molecule has 0 saturated carbocycles. The summed E-state index contributed by atoms with van der Waals surface area (Å²) in [6.07, 6.45) is 1.60. The molecule has 174 valence electrons. The minimum atomic E-state index is -0.473.